The summed E-state index contributed by atoms with van der Waals surface area (Å²) in [6.07, 6.45) is 0.737. The molecule has 0 bridgehead atoms. The van der Waals surface area contributed by atoms with Gasteiger partial charge in [-0.2, -0.15) is 0 Å². The van der Waals surface area contributed by atoms with Gasteiger partial charge in [-0.25, -0.2) is 0 Å². The highest BCUT2D eigenvalue weighted by molar-refractivity contribution is 4.77. The van der Waals surface area contributed by atoms with Crippen molar-refractivity contribution in [1.29, 1.82) is 0 Å². The molecule has 0 aliphatic carbocycles. The Balaban J connectivity index is 2.25. The van der Waals surface area contributed by atoms with Crippen LogP contribution in [0.5, 0.6) is 0 Å². The number of likely N-dealkylation sites (N-methyl/N-ethyl adjacent to an activating group) is 1. The fraction of sp³-hybridized carbons (Fsp3) is 1.00. The topological polar surface area (TPSA) is 26.7 Å². The highest BCUT2D eigenvalue weighted by Gasteiger charge is 2.20. The van der Waals surface area contributed by atoms with Crippen LogP contribution in [0.3, 0.4) is 0 Å². The zero-order chi connectivity index (χ0) is 9.84. The van der Waals surface area contributed by atoms with Crippen molar-refractivity contribution in [3.63, 3.8) is 0 Å². The van der Waals surface area contributed by atoms with E-state index in [2.05, 4.69) is 23.8 Å². The zero-order valence-corrected chi connectivity index (χ0v) is 9.03. The van der Waals surface area contributed by atoms with Crippen molar-refractivity contribution in [2.45, 2.75) is 32.4 Å². The summed E-state index contributed by atoms with van der Waals surface area (Å²) in [5, 5.41) is 9.18. The number of aliphatic hydroxyl groups is 1. The van der Waals surface area contributed by atoms with Gasteiger partial charge in [0.05, 0.1) is 6.10 Å². The molecule has 1 N–H and O–H groups in total. The Morgan fingerprint density at radius 1 is 1.46 bits per heavy atom. The molecule has 2 atom stereocenters. The molecule has 0 aromatic rings. The molecule has 3 heteroatoms. The third-order valence-electron chi connectivity index (χ3n) is 2.80. The van der Waals surface area contributed by atoms with Gasteiger partial charge in [-0.1, -0.05) is 0 Å². The van der Waals surface area contributed by atoms with Crippen molar-refractivity contribution in [2.24, 2.45) is 0 Å². The van der Waals surface area contributed by atoms with Crippen LogP contribution >= 0.6 is 0 Å². The quantitative estimate of drug-likeness (QED) is 0.691. The minimum atomic E-state index is -0.160. The monoisotopic (exact) mass is 186 g/mol. The molecule has 1 aliphatic rings. The molecule has 1 rings (SSSR count). The average Bonchev–Trinajstić information content (AvgIpc) is 2.02. The molecular formula is C10H22N2O. The van der Waals surface area contributed by atoms with Gasteiger partial charge >= 0.3 is 0 Å². The summed E-state index contributed by atoms with van der Waals surface area (Å²) >= 11 is 0. The summed E-state index contributed by atoms with van der Waals surface area (Å²) in [5.74, 6) is 0. The van der Waals surface area contributed by atoms with Gasteiger partial charge < -0.3 is 10.0 Å². The van der Waals surface area contributed by atoms with Crippen LogP contribution in [0.1, 0.15) is 20.3 Å². The minimum Gasteiger partial charge on any atom is -0.393 e. The van der Waals surface area contributed by atoms with Crippen LogP contribution in [0.15, 0.2) is 0 Å². The molecule has 78 valence electrons. The van der Waals surface area contributed by atoms with E-state index in [0.29, 0.717) is 6.04 Å². The summed E-state index contributed by atoms with van der Waals surface area (Å²) in [7, 11) is 2.17. The Kier molecular flexibility index (Phi) is 4.16. The highest BCUT2D eigenvalue weighted by Crippen LogP contribution is 2.08. The lowest BCUT2D eigenvalue weighted by Gasteiger charge is -2.38. The van der Waals surface area contributed by atoms with E-state index >= 15 is 0 Å². The molecule has 1 heterocycles. The molecule has 0 aromatic heterocycles. The van der Waals surface area contributed by atoms with E-state index in [4.69, 9.17) is 0 Å². The Hall–Kier alpha value is -0.120. The third kappa shape index (κ3) is 3.63. The molecule has 3 nitrogen and oxygen atoms in total. The van der Waals surface area contributed by atoms with E-state index in [1.165, 1.54) is 0 Å². The van der Waals surface area contributed by atoms with Crippen LogP contribution < -0.4 is 0 Å². The fourth-order valence-corrected chi connectivity index (χ4v) is 1.86. The maximum absolute atomic E-state index is 9.18. The molecule has 1 fully saturated rings. The van der Waals surface area contributed by atoms with Crippen LogP contribution in [0.2, 0.25) is 0 Å². The highest BCUT2D eigenvalue weighted by atomic mass is 16.3. The summed E-state index contributed by atoms with van der Waals surface area (Å²) in [5.41, 5.74) is 0. The summed E-state index contributed by atoms with van der Waals surface area (Å²) in [4.78, 5) is 4.83. The Morgan fingerprint density at radius 3 is 2.69 bits per heavy atom. The summed E-state index contributed by atoms with van der Waals surface area (Å²) < 4.78 is 0. The molecule has 2 unspecified atom stereocenters. The number of hydrogen-bond donors (Lipinski definition) is 1. The second kappa shape index (κ2) is 4.94. The number of hydrogen-bond acceptors (Lipinski definition) is 3. The Morgan fingerprint density at radius 2 is 2.15 bits per heavy atom. The van der Waals surface area contributed by atoms with E-state index in [-0.39, 0.29) is 6.10 Å². The van der Waals surface area contributed by atoms with E-state index in [1.54, 1.807) is 0 Å². The van der Waals surface area contributed by atoms with Crippen molar-refractivity contribution in [3.8, 4) is 0 Å². The molecule has 0 amide bonds. The molecule has 0 aromatic carbocycles. The molecular weight excluding hydrogens is 164 g/mol. The predicted molar refractivity (Wildman–Crippen MR) is 54.8 cm³/mol. The van der Waals surface area contributed by atoms with E-state index < -0.39 is 0 Å². The maximum Gasteiger partial charge on any atom is 0.0524 e. The van der Waals surface area contributed by atoms with E-state index in [1.807, 2.05) is 6.92 Å². The summed E-state index contributed by atoms with van der Waals surface area (Å²) in [6.45, 7) is 8.61. The average molecular weight is 186 g/mol. The zero-order valence-electron chi connectivity index (χ0n) is 9.03. The fourth-order valence-electron chi connectivity index (χ4n) is 1.86. The van der Waals surface area contributed by atoms with Gasteiger partial charge in [0.2, 0.25) is 0 Å². The first-order valence-corrected chi connectivity index (χ1v) is 5.20. The maximum atomic E-state index is 9.18. The third-order valence-corrected chi connectivity index (χ3v) is 2.80. The van der Waals surface area contributed by atoms with Crippen molar-refractivity contribution in [1.82, 2.24) is 9.80 Å². The van der Waals surface area contributed by atoms with Gasteiger partial charge in [-0.05, 0) is 27.3 Å². The molecule has 0 radical (unpaired) electrons. The van der Waals surface area contributed by atoms with Gasteiger partial charge in [0.15, 0.2) is 0 Å². The van der Waals surface area contributed by atoms with Gasteiger partial charge in [-0.15, -0.1) is 0 Å². The van der Waals surface area contributed by atoms with Crippen molar-refractivity contribution in [3.05, 3.63) is 0 Å². The van der Waals surface area contributed by atoms with E-state index in [0.717, 1.165) is 32.6 Å². The van der Waals surface area contributed by atoms with E-state index in [9.17, 15) is 5.11 Å². The predicted octanol–water partition coefficient (Wildman–Crippen LogP) is 0.393. The number of nitrogens with zero attached hydrogens (tertiary/aromatic N) is 2. The molecule has 13 heavy (non-hydrogen) atoms. The number of rotatable bonds is 3. The van der Waals surface area contributed by atoms with Crippen molar-refractivity contribution >= 4 is 0 Å². The lowest BCUT2D eigenvalue weighted by atomic mass is 10.1. The first-order valence-electron chi connectivity index (χ1n) is 5.20. The van der Waals surface area contributed by atoms with Gasteiger partial charge in [0.25, 0.3) is 0 Å². The van der Waals surface area contributed by atoms with Crippen LogP contribution in [0.4, 0.5) is 0 Å². The van der Waals surface area contributed by atoms with Crippen LogP contribution in [-0.4, -0.2) is 60.3 Å². The minimum absolute atomic E-state index is 0.160. The molecule has 0 spiro atoms. The molecule has 1 aliphatic heterocycles. The van der Waals surface area contributed by atoms with Crippen LogP contribution in [-0.2, 0) is 0 Å². The SMILES string of the molecule is CC(O)CCN1CCN(C)CC1C. The normalized spacial score (nSPS) is 29.1. The van der Waals surface area contributed by atoms with Crippen LogP contribution in [0.25, 0.3) is 0 Å². The Bertz CT molecular complexity index is 150. The standard InChI is InChI=1S/C10H22N2O/c1-9-8-11(3)6-7-12(9)5-4-10(2)13/h9-10,13H,4-8H2,1-3H3. The number of aliphatic hydroxyl groups excluding tert-OH is 1. The largest absolute Gasteiger partial charge is 0.393 e. The van der Waals surface area contributed by atoms with Crippen LogP contribution in [0, 0.1) is 0 Å². The molecule has 1 saturated heterocycles. The van der Waals surface area contributed by atoms with Gasteiger partial charge in [-0.3, -0.25) is 4.90 Å². The number of piperazine rings is 1. The second-order valence-electron chi connectivity index (χ2n) is 4.28. The lowest BCUT2D eigenvalue weighted by molar-refractivity contribution is 0.0811. The van der Waals surface area contributed by atoms with Gasteiger partial charge in [0, 0.05) is 32.2 Å². The van der Waals surface area contributed by atoms with Gasteiger partial charge in [0.1, 0.15) is 0 Å². The smallest absolute Gasteiger partial charge is 0.0524 e. The summed E-state index contributed by atoms with van der Waals surface area (Å²) in [6, 6.07) is 0.637. The molecule has 0 saturated carbocycles. The van der Waals surface area contributed by atoms with Crippen molar-refractivity contribution < 1.29 is 5.11 Å². The first-order chi connectivity index (χ1) is 6.09. The Labute approximate surface area is 81.3 Å². The lowest BCUT2D eigenvalue weighted by Crippen LogP contribution is -2.50. The second-order valence-corrected chi connectivity index (χ2v) is 4.28. The first kappa shape index (κ1) is 11.0. The van der Waals surface area contributed by atoms with Crippen molar-refractivity contribution in [2.75, 3.05) is 33.2 Å².